The maximum Gasteiger partial charge on any atom is 0.432 e. The van der Waals surface area contributed by atoms with Crippen molar-refractivity contribution < 1.29 is 53.7 Å². The number of alkyl halides is 2. The topological polar surface area (TPSA) is 27.7 Å². The molecule has 0 saturated carbocycles. The summed E-state index contributed by atoms with van der Waals surface area (Å²) < 4.78 is 142. The smallest absolute Gasteiger partial charge is 0.429 e. The van der Waals surface area contributed by atoms with E-state index in [-0.39, 0.29) is 49.0 Å². The highest BCUT2D eigenvalue weighted by Gasteiger charge is 2.42. The third kappa shape index (κ3) is 5.40. The van der Waals surface area contributed by atoms with Gasteiger partial charge in [-0.2, -0.15) is 8.78 Å². The molecule has 3 nitrogen and oxygen atoms in total. The first-order chi connectivity index (χ1) is 17.4. The lowest BCUT2D eigenvalue weighted by molar-refractivity contribution is -0.205. The molecule has 0 aromatic heterocycles. The van der Waals surface area contributed by atoms with Crippen molar-refractivity contribution >= 4 is 0 Å². The van der Waals surface area contributed by atoms with E-state index in [1.54, 1.807) is 0 Å². The number of hydrogen-bond acceptors (Lipinski definition) is 3. The van der Waals surface area contributed by atoms with Crippen LogP contribution in [-0.2, 0) is 15.6 Å². The van der Waals surface area contributed by atoms with Crippen molar-refractivity contribution in [2.24, 2.45) is 5.92 Å². The maximum absolute atomic E-state index is 14.8. The van der Waals surface area contributed by atoms with Crippen molar-refractivity contribution in [2.45, 2.75) is 25.7 Å². The highest BCUT2D eigenvalue weighted by molar-refractivity contribution is 5.66. The van der Waals surface area contributed by atoms with Crippen molar-refractivity contribution in [1.82, 2.24) is 0 Å². The largest absolute Gasteiger partial charge is 0.432 e. The summed E-state index contributed by atoms with van der Waals surface area (Å²) in [6, 6.07) is 2.23. The number of ether oxygens (including phenoxy) is 3. The van der Waals surface area contributed by atoms with Crippen LogP contribution in [0.2, 0.25) is 0 Å². The van der Waals surface area contributed by atoms with Crippen LogP contribution in [-0.4, -0.2) is 13.2 Å². The lowest BCUT2D eigenvalue weighted by Crippen LogP contribution is -2.26. The molecule has 0 spiro atoms. The monoisotopic (exact) mass is 536 g/mol. The molecule has 0 bridgehead atoms. The first kappa shape index (κ1) is 26.8. The molecule has 12 heteroatoms. The molecule has 3 aromatic carbocycles. The standard InChI is InChI=1S/C25H17F9O3/c1-2-11-9-35-24(36-10-11)13-5-15(26)21(16(27)6-13)12-3-17(28)22(18(29)4-12)25(33,34)37-14-7-19(30)23(32)20(31)8-14/h3-8,11,24H,2,9-10H2,1H3. The third-order valence-electron chi connectivity index (χ3n) is 5.71. The Labute approximate surface area is 204 Å². The van der Waals surface area contributed by atoms with E-state index in [0.717, 1.165) is 18.6 Å². The second-order valence-electron chi connectivity index (χ2n) is 8.27. The van der Waals surface area contributed by atoms with Crippen LogP contribution in [0.3, 0.4) is 0 Å². The lowest BCUT2D eigenvalue weighted by atomic mass is 9.99. The van der Waals surface area contributed by atoms with Crippen LogP contribution >= 0.6 is 0 Å². The average molecular weight is 536 g/mol. The van der Waals surface area contributed by atoms with E-state index >= 15 is 0 Å². The first-order valence-electron chi connectivity index (χ1n) is 10.8. The molecule has 4 rings (SSSR count). The van der Waals surface area contributed by atoms with E-state index in [1.807, 2.05) is 6.92 Å². The van der Waals surface area contributed by atoms with Gasteiger partial charge in [0.2, 0.25) is 0 Å². The normalized spacial score (nSPS) is 18.2. The minimum absolute atomic E-state index is 0.0374. The summed E-state index contributed by atoms with van der Waals surface area (Å²) in [6.07, 6.45) is -5.16. The van der Waals surface area contributed by atoms with E-state index in [2.05, 4.69) is 4.74 Å². The first-order valence-corrected chi connectivity index (χ1v) is 10.8. The number of hydrogen-bond donors (Lipinski definition) is 0. The molecule has 0 aliphatic carbocycles. The summed E-state index contributed by atoms with van der Waals surface area (Å²) in [5.74, 6) is -13.4. The molecule has 1 saturated heterocycles. The molecule has 0 amide bonds. The van der Waals surface area contributed by atoms with Gasteiger partial charge in [-0.15, -0.1) is 0 Å². The zero-order valence-corrected chi connectivity index (χ0v) is 18.9. The van der Waals surface area contributed by atoms with Gasteiger partial charge < -0.3 is 14.2 Å². The molecule has 3 aromatic rings. The van der Waals surface area contributed by atoms with Crippen LogP contribution in [0.15, 0.2) is 36.4 Å². The molecule has 1 heterocycles. The Bertz CT molecular complexity index is 1250. The minimum Gasteiger partial charge on any atom is -0.429 e. The highest BCUT2D eigenvalue weighted by Crippen LogP contribution is 2.39. The van der Waals surface area contributed by atoms with Gasteiger partial charge in [-0.3, -0.25) is 0 Å². The molecular weight excluding hydrogens is 519 g/mol. The Balaban J connectivity index is 1.64. The van der Waals surface area contributed by atoms with Crippen LogP contribution in [0.4, 0.5) is 39.5 Å². The molecule has 0 atom stereocenters. The van der Waals surface area contributed by atoms with Crippen LogP contribution in [0, 0.1) is 46.6 Å². The van der Waals surface area contributed by atoms with Gasteiger partial charge in [0.25, 0.3) is 0 Å². The molecule has 0 N–H and O–H groups in total. The fourth-order valence-electron chi connectivity index (χ4n) is 3.76. The van der Waals surface area contributed by atoms with Crippen molar-refractivity contribution in [2.75, 3.05) is 13.2 Å². The van der Waals surface area contributed by atoms with Gasteiger partial charge in [-0.1, -0.05) is 6.92 Å². The fourth-order valence-corrected chi connectivity index (χ4v) is 3.76. The SMILES string of the molecule is CCC1COC(c2cc(F)c(-c3cc(F)c(C(F)(F)Oc4cc(F)c(F)c(F)c4)c(F)c3)c(F)c2)OC1. The van der Waals surface area contributed by atoms with E-state index in [4.69, 9.17) is 9.47 Å². The number of benzene rings is 3. The highest BCUT2D eigenvalue weighted by atomic mass is 19.3. The Hall–Kier alpha value is -3.25. The van der Waals surface area contributed by atoms with Crippen LogP contribution in [0.1, 0.15) is 30.8 Å². The van der Waals surface area contributed by atoms with Crippen molar-refractivity contribution in [3.05, 3.63) is 88.2 Å². The molecule has 1 aliphatic heterocycles. The van der Waals surface area contributed by atoms with Gasteiger partial charge in [-0.25, -0.2) is 30.7 Å². The van der Waals surface area contributed by atoms with Crippen LogP contribution in [0.25, 0.3) is 11.1 Å². The fraction of sp³-hybridized carbons (Fsp3) is 0.280. The van der Waals surface area contributed by atoms with Crippen molar-refractivity contribution in [3.8, 4) is 16.9 Å². The molecule has 37 heavy (non-hydrogen) atoms. The number of rotatable bonds is 6. The number of halogens is 9. The predicted molar refractivity (Wildman–Crippen MR) is 111 cm³/mol. The zero-order valence-electron chi connectivity index (χ0n) is 18.9. The molecule has 1 fully saturated rings. The molecule has 1 aliphatic rings. The van der Waals surface area contributed by atoms with Crippen molar-refractivity contribution in [3.63, 3.8) is 0 Å². The molecule has 0 radical (unpaired) electrons. The summed E-state index contributed by atoms with van der Waals surface area (Å²) in [5.41, 5.74) is -3.72. The van der Waals surface area contributed by atoms with Gasteiger partial charge >= 0.3 is 6.11 Å². The Morgan fingerprint density at radius 3 is 1.76 bits per heavy atom. The minimum atomic E-state index is -4.85. The van der Waals surface area contributed by atoms with Crippen LogP contribution in [0.5, 0.6) is 5.75 Å². The quantitative estimate of drug-likeness (QED) is 0.241. The Morgan fingerprint density at radius 1 is 0.757 bits per heavy atom. The van der Waals surface area contributed by atoms with Crippen molar-refractivity contribution in [1.29, 1.82) is 0 Å². The second-order valence-corrected chi connectivity index (χ2v) is 8.27. The molecule has 0 unspecified atom stereocenters. The summed E-state index contributed by atoms with van der Waals surface area (Å²) in [7, 11) is 0. The average Bonchev–Trinajstić information content (AvgIpc) is 2.81. The third-order valence-corrected chi connectivity index (χ3v) is 5.71. The van der Waals surface area contributed by atoms with E-state index < -0.39 is 75.6 Å². The lowest BCUT2D eigenvalue weighted by Gasteiger charge is -2.29. The maximum atomic E-state index is 14.8. The van der Waals surface area contributed by atoms with Gasteiger partial charge in [-0.05, 0) is 36.2 Å². The Kier molecular flexibility index (Phi) is 7.43. The second kappa shape index (κ2) is 10.3. The summed E-state index contributed by atoms with van der Waals surface area (Å²) >= 11 is 0. The summed E-state index contributed by atoms with van der Waals surface area (Å²) in [6.45, 7) is 2.49. The van der Waals surface area contributed by atoms with Gasteiger partial charge in [0.05, 0.1) is 18.8 Å². The van der Waals surface area contributed by atoms with Crippen LogP contribution < -0.4 is 4.74 Å². The predicted octanol–water partition coefficient (Wildman–Crippen LogP) is 7.53. The summed E-state index contributed by atoms with van der Waals surface area (Å²) in [4.78, 5) is 0. The van der Waals surface area contributed by atoms with E-state index in [0.29, 0.717) is 0 Å². The van der Waals surface area contributed by atoms with Gasteiger partial charge in [0, 0.05) is 23.6 Å². The molecular formula is C25H17F9O3. The van der Waals surface area contributed by atoms with E-state index in [1.165, 1.54) is 0 Å². The Morgan fingerprint density at radius 2 is 1.27 bits per heavy atom. The van der Waals surface area contributed by atoms with Gasteiger partial charge in [0.15, 0.2) is 23.7 Å². The van der Waals surface area contributed by atoms with E-state index in [9.17, 15) is 39.5 Å². The zero-order chi connectivity index (χ0) is 27.1. The summed E-state index contributed by atoms with van der Waals surface area (Å²) in [5, 5.41) is 0. The molecule has 198 valence electrons. The van der Waals surface area contributed by atoms with Gasteiger partial charge in [0.1, 0.15) is 34.6 Å².